The highest BCUT2D eigenvalue weighted by molar-refractivity contribution is 5.94. The molecule has 0 heterocycles. The van der Waals surface area contributed by atoms with Crippen LogP contribution >= 0.6 is 0 Å². The van der Waals surface area contributed by atoms with E-state index in [1.807, 2.05) is 12.1 Å². The lowest BCUT2D eigenvalue weighted by Gasteiger charge is -2.33. The van der Waals surface area contributed by atoms with Crippen molar-refractivity contribution in [3.63, 3.8) is 0 Å². The third-order valence-corrected chi connectivity index (χ3v) is 4.02. The smallest absolute Gasteiger partial charge is 0.251 e. The summed E-state index contributed by atoms with van der Waals surface area (Å²) in [5, 5.41) is 2.97. The first-order valence-corrected chi connectivity index (χ1v) is 7.93. The first-order chi connectivity index (χ1) is 10.1. The van der Waals surface area contributed by atoms with Crippen LogP contribution in [0.1, 0.15) is 55.8 Å². The molecule has 0 atom stereocenters. The van der Waals surface area contributed by atoms with E-state index in [2.05, 4.69) is 12.2 Å². The number of carbonyl (C=O) groups is 1. The van der Waals surface area contributed by atoms with Crippen LogP contribution in [0.2, 0.25) is 0 Å². The van der Waals surface area contributed by atoms with Gasteiger partial charge >= 0.3 is 0 Å². The summed E-state index contributed by atoms with van der Waals surface area (Å²) in [6.45, 7) is 3.27. The summed E-state index contributed by atoms with van der Waals surface area (Å²) in [5.74, 6) is 0.664. The van der Waals surface area contributed by atoms with Gasteiger partial charge in [-0.25, -0.2) is 0 Å². The Labute approximate surface area is 127 Å². The minimum atomic E-state index is -0.232. The highest BCUT2D eigenvalue weighted by Gasteiger charge is 2.27. The van der Waals surface area contributed by atoms with Crippen molar-refractivity contribution in [2.24, 2.45) is 5.73 Å². The maximum absolute atomic E-state index is 12.2. The summed E-state index contributed by atoms with van der Waals surface area (Å²) < 4.78 is 5.56. The summed E-state index contributed by atoms with van der Waals surface area (Å²) in [4.78, 5) is 12.2. The van der Waals surface area contributed by atoms with Gasteiger partial charge in [-0.2, -0.15) is 0 Å². The molecule has 1 aliphatic carbocycles. The Morgan fingerprint density at radius 2 is 2.10 bits per heavy atom. The quantitative estimate of drug-likeness (QED) is 0.846. The van der Waals surface area contributed by atoms with Gasteiger partial charge in [0.25, 0.3) is 5.91 Å². The van der Waals surface area contributed by atoms with E-state index in [4.69, 9.17) is 10.5 Å². The summed E-state index contributed by atoms with van der Waals surface area (Å²) in [6, 6.07) is 7.31. The van der Waals surface area contributed by atoms with Gasteiger partial charge in [-0.3, -0.25) is 4.79 Å². The van der Waals surface area contributed by atoms with Crippen molar-refractivity contribution in [1.82, 2.24) is 5.32 Å². The van der Waals surface area contributed by atoms with Crippen molar-refractivity contribution in [3.8, 4) is 5.75 Å². The van der Waals surface area contributed by atoms with Crippen LogP contribution in [0, 0.1) is 0 Å². The van der Waals surface area contributed by atoms with Gasteiger partial charge in [-0.15, -0.1) is 0 Å². The molecule has 0 bridgehead atoms. The van der Waals surface area contributed by atoms with E-state index in [0.717, 1.165) is 37.9 Å². The number of nitrogens with one attached hydrogen (secondary N) is 1. The maximum atomic E-state index is 12.2. The molecule has 1 aromatic carbocycles. The Balaban J connectivity index is 1.90. The largest absolute Gasteiger partial charge is 0.494 e. The molecule has 2 rings (SSSR count). The van der Waals surface area contributed by atoms with E-state index in [1.165, 1.54) is 6.42 Å². The molecule has 1 aromatic rings. The average Bonchev–Trinajstić information content (AvgIpc) is 2.52. The van der Waals surface area contributed by atoms with Gasteiger partial charge in [-0.05, 0) is 37.5 Å². The van der Waals surface area contributed by atoms with Crippen LogP contribution < -0.4 is 15.8 Å². The summed E-state index contributed by atoms with van der Waals surface area (Å²) in [5.41, 5.74) is 6.74. The Hall–Kier alpha value is -1.55. The second-order valence-electron chi connectivity index (χ2n) is 5.98. The minimum absolute atomic E-state index is 0.0765. The predicted molar refractivity (Wildman–Crippen MR) is 84.6 cm³/mol. The standard InChI is InChI=1S/C17H26N2O2/c1-2-11-21-15-8-6-7-14(12-15)16(20)19-13-17(18)9-4-3-5-10-17/h6-8,12H,2-5,9-11,13,18H2,1H3,(H,19,20). The highest BCUT2D eigenvalue weighted by atomic mass is 16.5. The molecule has 1 saturated carbocycles. The molecular formula is C17H26N2O2. The number of amides is 1. The zero-order valence-corrected chi connectivity index (χ0v) is 12.9. The second-order valence-corrected chi connectivity index (χ2v) is 5.98. The normalized spacial score (nSPS) is 17.2. The number of hydrogen-bond donors (Lipinski definition) is 2. The van der Waals surface area contributed by atoms with Gasteiger partial charge in [-0.1, -0.05) is 32.3 Å². The Kier molecular flexibility index (Phi) is 5.62. The van der Waals surface area contributed by atoms with Gasteiger partial charge in [0.1, 0.15) is 5.75 Å². The van der Waals surface area contributed by atoms with Crippen LogP contribution in [0.3, 0.4) is 0 Å². The highest BCUT2D eigenvalue weighted by Crippen LogP contribution is 2.25. The van der Waals surface area contributed by atoms with Gasteiger partial charge in [0, 0.05) is 17.6 Å². The molecule has 1 fully saturated rings. The third-order valence-electron chi connectivity index (χ3n) is 4.02. The number of nitrogens with two attached hydrogens (primary N) is 1. The van der Waals surface area contributed by atoms with Crippen LogP contribution in [0.15, 0.2) is 24.3 Å². The number of rotatable bonds is 6. The van der Waals surface area contributed by atoms with Crippen LogP contribution in [0.4, 0.5) is 0 Å². The first kappa shape index (κ1) is 15.8. The van der Waals surface area contributed by atoms with E-state index in [1.54, 1.807) is 12.1 Å². The van der Waals surface area contributed by atoms with Gasteiger partial charge in [0.2, 0.25) is 0 Å². The molecule has 21 heavy (non-hydrogen) atoms. The monoisotopic (exact) mass is 290 g/mol. The molecule has 116 valence electrons. The SMILES string of the molecule is CCCOc1cccc(C(=O)NCC2(N)CCCCC2)c1. The summed E-state index contributed by atoms with van der Waals surface area (Å²) >= 11 is 0. The Morgan fingerprint density at radius 3 is 2.81 bits per heavy atom. The van der Waals surface area contributed by atoms with Gasteiger partial charge < -0.3 is 15.8 Å². The van der Waals surface area contributed by atoms with E-state index in [-0.39, 0.29) is 11.4 Å². The van der Waals surface area contributed by atoms with Crippen LogP contribution in [-0.4, -0.2) is 24.6 Å². The molecule has 1 aliphatic rings. The van der Waals surface area contributed by atoms with E-state index in [0.29, 0.717) is 18.7 Å². The molecule has 0 aromatic heterocycles. The topological polar surface area (TPSA) is 64.3 Å². The molecule has 0 spiro atoms. The Morgan fingerprint density at radius 1 is 1.33 bits per heavy atom. The lowest BCUT2D eigenvalue weighted by Crippen LogP contribution is -2.51. The molecule has 4 heteroatoms. The molecule has 0 saturated heterocycles. The lowest BCUT2D eigenvalue weighted by atomic mass is 9.82. The van der Waals surface area contributed by atoms with Crippen molar-refractivity contribution in [3.05, 3.63) is 29.8 Å². The Bertz CT molecular complexity index is 468. The zero-order valence-electron chi connectivity index (χ0n) is 12.9. The van der Waals surface area contributed by atoms with Gasteiger partial charge in [0.05, 0.1) is 6.61 Å². The zero-order chi connectivity index (χ0) is 15.1. The fourth-order valence-corrected chi connectivity index (χ4v) is 2.74. The number of ether oxygens (including phenoxy) is 1. The summed E-state index contributed by atoms with van der Waals surface area (Å²) in [7, 11) is 0. The van der Waals surface area contributed by atoms with Crippen molar-refractivity contribution in [1.29, 1.82) is 0 Å². The van der Waals surface area contributed by atoms with Crippen LogP contribution in [-0.2, 0) is 0 Å². The number of hydrogen-bond acceptors (Lipinski definition) is 3. The van der Waals surface area contributed by atoms with Crippen LogP contribution in [0.5, 0.6) is 5.75 Å². The molecule has 0 unspecified atom stereocenters. The minimum Gasteiger partial charge on any atom is -0.494 e. The average molecular weight is 290 g/mol. The summed E-state index contributed by atoms with van der Waals surface area (Å²) in [6.07, 6.45) is 6.51. The van der Waals surface area contributed by atoms with E-state index in [9.17, 15) is 4.79 Å². The molecule has 0 aliphatic heterocycles. The van der Waals surface area contributed by atoms with Gasteiger partial charge in [0.15, 0.2) is 0 Å². The fraction of sp³-hybridized carbons (Fsp3) is 0.588. The fourth-order valence-electron chi connectivity index (χ4n) is 2.74. The number of carbonyl (C=O) groups excluding carboxylic acids is 1. The second kappa shape index (κ2) is 7.46. The lowest BCUT2D eigenvalue weighted by molar-refractivity contribution is 0.0937. The predicted octanol–water partition coefficient (Wildman–Crippen LogP) is 2.87. The molecule has 4 nitrogen and oxygen atoms in total. The van der Waals surface area contributed by atoms with Crippen LogP contribution in [0.25, 0.3) is 0 Å². The van der Waals surface area contributed by atoms with E-state index < -0.39 is 0 Å². The number of benzene rings is 1. The third kappa shape index (κ3) is 4.74. The molecule has 0 radical (unpaired) electrons. The molecular weight excluding hydrogens is 264 g/mol. The maximum Gasteiger partial charge on any atom is 0.251 e. The molecule has 1 amide bonds. The first-order valence-electron chi connectivity index (χ1n) is 7.93. The van der Waals surface area contributed by atoms with E-state index >= 15 is 0 Å². The van der Waals surface area contributed by atoms with Crippen molar-refractivity contribution in [2.75, 3.05) is 13.2 Å². The van der Waals surface area contributed by atoms with Crippen molar-refractivity contribution in [2.45, 2.75) is 51.0 Å². The van der Waals surface area contributed by atoms with Crippen molar-refractivity contribution >= 4 is 5.91 Å². The van der Waals surface area contributed by atoms with Crippen molar-refractivity contribution < 1.29 is 9.53 Å². The molecule has 3 N–H and O–H groups in total.